The van der Waals surface area contributed by atoms with Gasteiger partial charge in [-0.2, -0.15) is 13.2 Å². The molecule has 4 rings (SSSR count). The Hall–Kier alpha value is -3.20. The summed E-state index contributed by atoms with van der Waals surface area (Å²) in [5.41, 5.74) is 2.07. The molecule has 1 aliphatic heterocycles. The van der Waals surface area contributed by atoms with E-state index in [4.69, 9.17) is 0 Å². The highest BCUT2D eigenvalue weighted by atomic mass is 35.5. The van der Waals surface area contributed by atoms with Crippen molar-refractivity contribution in [3.8, 4) is 11.3 Å². The van der Waals surface area contributed by atoms with Crippen LogP contribution in [0.25, 0.3) is 11.3 Å². The molecule has 0 N–H and O–H groups in total. The van der Waals surface area contributed by atoms with Gasteiger partial charge < -0.3 is 9.80 Å². The number of alkyl halides is 3. The lowest BCUT2D eigenvalue weighted by Crippen LogP contribution is -2.46. The smallest absolute Gasteiger partial charge is 0.355 e. The zero-order valence-corrected chi connectivity index (χ0v) is 21.0. The van der Waals surface area contributed by atoms with E-state index in [1.165, 1.54) is 11.9 Å². The number of aromatic nitrogens is 2. The first-order chi connectivity index (χ1) is 16.6. The standard InChI is InChI=1S/C26H26F4N4O.ClH/c1-16-17(2)24(32-31-23(16)18-7-5-4-6-8-18)34-13-11-20(12-14-34)33(3)25(35)21-10-9-19(27)15-22(21)26(28,29)30;/h4-10,15,20H,11-14H2,1-3H3;1H. The molecule has 0 bridgehead atoms. The lowest BCUT2D eigenvalue weighted by atomic mass is 9.99. The molecule has 0 saturated carbocycles. The third-order valence-corrected chi connectivity index (χ3v) is 6.69. The van der Waals surface area contributed by atoms with Gasteiger partial charge in [0.05, 0.1) is 16.8 Å². The van der Waals surface area contributed by atoms with Gasteiger partial charge in [0.25, 0.3) is 5.91 Å². The van der Waals surface area contributed by atoms with Crippen molar-refractivity contribution >= 4 is 24.1 Å². The van der Waals surface area contributed by atoms with Gasteiger partial charge in [-0.1, -0.05) is 30.3 Å². The minimum absolute atomic E-state index is 0. The molecule has 0 atom stereocenters. The summed E-state index contributed by atoms with van der Waals surface area (Å²) in [5, 5.41) is 8.93. The van der Waals surface area contributed by atoms with Crippen LogP contribution in [0.5, 0.6) is 0 Å². The van der Waals surface area contributed by atoms with E-state index in [0.717, 1.165) is 40.3 Å². The summed E-state index contributed by atoms with van der Waals surface area (Å²) in [5.74, 6) is -1.03. The largest absolute Gasteiger partial charge is 0.417 e. The van der Waals surface area contributed by atoms with Gasteiger partial charge in [-0.05, 0) is 56.0 Å². The second kappa shape index (κ2) is 10.8. The Kier molecular flexibility index (Phi) is 8.23. The zero-order chi connectivity index (χ0) is 25.3. The maximum atomic E-state index is 13.4. The van der Waals surface area contributed by atoms with Crippen LogP contribution in [0.2, 0.25) is 0 Å². The minimum atomic E-state index is -4.82. The monoisotopic (exact) mass is 522 g/mol. The molecule has 192 valence electrons. The van der Waals surface area contributed by atoms with Gasteiger partial charge in [-0.3, -0.25) is 4.79 Å². The van der Waals surface area contributed by atoms with Crippen LogP contribution in [0.15, 0.2) is 48.5 Å². The highest BCUT2D eigenvalue weighted by Crippen LogP contribution is 2.34. The van der Waals surface area contributed by atoms with Crippen LogP contribution in [0.3, 0.4) is 0 Å². The van der Waals surface area contributed by atoms with Crippen LogP contribution in [0, 0.1) is 19.7 Å². The summed E-state index contributed by atoms with van der Waals surface area (Å²) in [4.78, 5) is 16.3. The van der Waals surface area contributed by atoms with Gasteiger partial charge in [0.15, 0.2) is 5.82 Å². The molecule has 1 aromatic heterocycles. The Morgan fingerprint density at radius 1 is 1.00 bits per heavy atom. The van der Waals surface area contributed by atoms with Crippen molar-refractivity contribution in [3.63, 3.8) is 0 Å². The fourth-order valence-corrected chi connectivity index (χ4v) is 4.52. The van der Waals surface area contributed by atoms with Crippen LogP contribution in [0.1, 0.15) is 39.9 Å². The molecule has 0 unspecified atom stereocenters. The quantitative estimate of drug-likeness (QED) is 0.390. The predicted octanol–water partition coefficient (Wildman–Crippen LogP) is 6.08. The van der Waals surface area contributed by atoms with Crippen LogP contribution in [-0.2, 0) is 6.18 Å². The van der Waals surface area contributed by atoms with Crippen LogP contribution < -0.4 is 4.90 Å². The number of amides is 1. The van der Waals surface area contributed by atoms with E-state index >= 15 is 0 Å². The predicted molar refractivity (Wildman–Crippen MR) is 133 cm³/mol. The molecule has 0 aliphatic carbocycles. The number of nitrogens with zero attached hydrogens (tertiary/aromatic N) is 4. The van der Waals surface area contributed by atoms with Gasteiger partial charge in [0.2, 0.25) is 0 Å². The highest BCUT2D eigenvalue weighted by molar-refractivity contribution is 5.96. The second-order valence-electron chi connectivity index (χ2n) is 8.81. The van der Waals surface area contributed by atoms with Crippen molar-refractivity contribution in [1.29, 1.82) is 0 Å². The molecule has 0 radical (unpaired) electrons. The Balaban J connectivity index is 0.00000361. The average molecular weight is 523 g/mol. The van der Waals surface area contributed by atoms with Gasteiger partial charge >= 0.3 is 6.18 Å². The molecular formula is C26H27ClF4N4O. The average Bonchev–Trinajstić information content (AvgIpc) is 2.85. The number of anilines is 1. The number of carbonyl (C=O) groups excluding carboxylic acids is 1. The molecule has 1 saturated heterocycles. The fourth-order valence-electron chi connectivity index (χ4n) is 4.52. The van der Waals surface area contributed by atoms with Crippen molar-refractivity contribution in [2.45, 2.75) is 38.9 Å². The first-order valence-electron chi connectivity index (χ1n) is 11.4. The number of benzene rings is 2. The third-order valence-electron chi connectivity index (χ3n) is 6.69. The molecule has 5 nitrogen and oxygen atoms in total. The van der Waals surface area contributed by atoms with Crippen molar-refractivity contribution < 1.29 is 22.4 Å². The molecule has 1 aliphatic rings. The van der Waals surface area contributed by atoms with Crippen molar-refractivity contribution in [3.05, 3.63) is 76.6 Å². The highest BCUT2D eigenvalue weighted by Gasteiger charge is 2.37. The number of piperidine rings is 1. The first-order valence-corrected chi connectivity index (χ1v) is 11.4. The summed E-state index contributed by atoms with van der Waals surface area (Å²) < 4.78 is 53.6. The number of carbonyl (C=O) groups is 1. The molecule has 3 aromatic rings. The lowest BCUT2D eigenvalue weighted by Gasteiger charge is -2.38. The summed E-state index contributed by atoms with van der Waals surface area (Å²) in [6, 6.07) is 11.7. The van der Waals surface area contributed by atoms with E-state index in [0.29, 0.717) is 32.0 Å². The van der Waals surface area contributed by atoms with E-state index < -0.39 is 29.0 Å². The van der Waals surface area contributed by atoms with Crippen LogP contribution in [0.4, 0.5) is 23.4 Å². The molecule has 10 heteroatoms. The SMILES string of the molecule is Cc1c(-c2ccccc2)nnc(N2CCC(N(C)C(=O)c3ccc(F)cc3C(F)(F)F)CC2)c1C.Cl. The maximum absolute atomic E-state index is 13.4. The molecule has 1 fully saturated rings. The number of hydrogen-bond acceptors (Lipinski definition) is 4. The third kappa shape index (κ3) is 5.46. The lowest BCUT2D eigenvalue weighted by molar-refractivity contribution is -0.138. The first kappa shape index (κ1) is 27.4. The van der Waals surface area contributed by atoms with E-state index in [2.05, 4.69) is 15.1 Å². The molecule has 2 aromatic carbocycles. The van der Waals surface area contributed by atoms with Gasteiger partial charge in [0.1, 0.15) is 5.82 Å². The van der Waals surface area contributed by atoms with Gasteiger partial charge in [0, 0.05) is 31.7 Å². The van der Waals surface area contributed by atoms with Crippen molar-refractivity contribution in [2.24, 2.45) is 0 Å². The number of rotatable bonds is 4. The number of halogens is 5. The van der Waals surface area contributed by atoms with E-state index in [1.807, 2.05) is 44.2 Å². The van der Waals surface area contributed by atoms with Crippen LogP contribution >= 0.6 is 12.4 Å². The maximum Gasteiger partial charge on any atom is 0.417 e. The normalized spacial score (nSPS) is 14.4. The molecular weight excluding hydrogens is 496 g/mol. The van der Waals surface area contributed by atoms with Crippen LogP contribution in [-0.4, -0.2) is 47.2 Å². The number of hydrogen-bond donors (Lipinski definition) is 0. The van der Waals surface area contributed by atoms with Gasteiger partial charge in [-0.15, -0.1) is 22.6 Å². The molecule has 0 spiro atoms. The molecule has 2 heterocycles. The van der Waals surface area contributed by atoms with E-state index in [-0.39, 0.29) is 18.4 Å². The zero-order valence-electron chi connectivity index (χ0n) is 20.1. The Morgan fingerprint density at radius 2 is 1.64 bits per heavy atom. The summed E-state index contributed by atoms with van der Waals surface area (Å²) in [7, 11) is 1.50. The van der Waals surface area contributed by atoms with E-state index in [1.54, 1.807) is 0 Å². The Labute approximate surface area is 213 Å². The van der Waals surface area contributed by atoms with E-state index in [9.17, 15) is 22.4 Å². The minimum Gasteiger partial charge on any atom is -0.355 e. The Bertz CT molecular complexity index is 1230. The Morgan fingerprint density at radius 3 is 2.25 bits per heavy atom. The van der Waals surface area contributed by atoms with Crippen molar-refractivity contribution in [2.75, 3.05) is 25.0 Å². The molecule has 36 heavy (non-hydrogen) atoms. The second-order valence-corrected chi connectivity index (χ2v) is 8.81. The topological polar surface area (TPSA) is 49.3 Å². The fraction of sp³-hybridized carbons (Fsp3) is 0.346. The van der Waals surface area contributed by atoms with Gasteiger partial charge in [-0.25, -0.2) is 4.39 Å². The molecule has 1 amide bonds. The summed E-state index contributed by atoms with van der Waals surface area (Å²) in [6.07, 6.45) is -3.70. The summed E-state index contributed by atoms with van der Waals surface area (Å²) in [6.45, 7) is 5.17. The van der Waals surface area contributed by atoms with Crippen molar-refractivity contribution in [1.82, 2.24) is 15.1 Å². The summed E-state index contributed by atoms with van der Waals surface area (Å²) >= 11 is 0.